The first-order chi connectivity index (χ1) is 20.6. The Bertz CT molecular complexity index is 1310. The third kappa shape index (κ3) is 10.7. The Morgan fingerprint density at radius 3 is 1.86 bits per heavy atom. The smallest absolute Gasteiger partial charge is 0.243 e. The molecule has 0 heterocycles. The number of hydrogen-bond acceptors (Lipinski definition) is 7. The zero-order chi connectivity index (χ0) is 33.1. The molecule has 0 aliphatic carbocycles. The average molecular weight is 611 g/mol. The average Bonchev–Trinajstić information content (AvgIpc) is 2.94. The molecule has 44 heavy (non-hydrogen) atoms. The quantitative estimate of drug-likeness (QED) is 0.152. The Hall–Kier alpha value is -4.45. The molecule has 0 spiro atoms. The van der Waals surface area contributed by atoms with Crippen molar-refractivity contribution >= 4 is 29.5 Å². The molecule has 2 rings (SSSR count). The topological polar surface area (TPSA) is 206 Å². The molecule has 0 aromatic heterocycles. The second-order valence-electron chi connectivity index (χ2n) is 11.8. The largest absolute Gasteiger partial charge is 0.508 e. The lowest BCUT2D eigenvalue weighted by atomic mass is 9.95. The van der Waals surface area contributed by atoms with Crippen LogP contribution >= 0.6 is 0 Å². The van der Waals surface area contributed by atoms with Crippen molar-refractivity contribution in [3.05, 3.63) is 64.7 Å². The minimum absolute atomic E-state index is 0.121. The van der Waals surface area contributed by atoms with Crippen LogP contribution < -0.4 is 32.7 Å². The van der Waals surface area contributed by atoms with Crippen molar-refractivity contribution in [3.8, 4) is 5.75 Å². The molecular weight excluding hydrogens is 564 g/mol. The summed E-state index contributed by atoms with van der Waals surface area (Å²) in [7, 11) is 0. The number of amides is 5. The van der Waals surface area contributed by atoms with Crippen molar-refractivity contribution in [2.75, 3.05) is 6.54 Å². The van der Waals surface area contributed by atoms with Gasteiger partial charge in [0.2, 0.25) is 29.5 Å². The minimum atomic E-state index is -1.04. The second kappa shape index (κ2) is 16.4. The molecule has 5 amide bonds. The van der Waals surface area contributed by atoms with Gasteiger partial charge < -0.3 is 37.8 Å². The second-order valence-corrected chi connectivity index (χ2v) is 11.8. The predicted molar refractivity (Wildman–Crippen MR) is 167 cm³/mol. The van der Waals surface area contributed by atoms with E-state index in [1.807, 2.05) is 32.0 Å². The summed E-state index contributed by atoms with van der Waals surface area (Å²) in [6.07, 6.45) is 0.336. The Morgan fingerprint density at radius 2 is 1.34 bits per heavy atom. The van der Waals surface area contributed by atoms with Crippen LogP contribution in [0.1, 0.15) is 49.9 Å². The van der Waals surface area contributed by atoms with E-state index in [-0.39, 0.29) is 30.4 Å². The monoisotopic (exact) mass is 610 g/mol. The number of phenolic OH excluding ortho intramolecular Hbond substituents is 1. The summed E-state index contributed by atoms with van der Waals surface area (Å²) in [5, 5.41) is 20.3. The third-order valence-corrected chi connectivity index (χ3v) is 7.32. The molecule has 2 aromatic carbocycles. The van der Waals surface area contributed by atoms with Gasteiger partial charge in [0.05, 0.1) is 12.6 Å². The molecule has 4 atom stereocenters. The third-order valence-electron chi connectivity index (χ3n) is 7.32. The lowest BCUT2D eigenvalue weighted by Crippen LogP contribution is -2.58. The normalized spacial score (nSPS) is 13.8. The molecule has 0 aliphatic heterocycles. The van der Waals surface area contributed by atoms with Gasteiger partial charge >= 0.3 is 0 Å². The van der Waals surface area contributed by atoms with E-state index in [0.29, 0.717) is 0 Å². The van der Waals surface area contributed by atoms with Crippen LogP contribution in [-0.2, 0) is 36.8 Å². The van der Waals surface area contributed by atoms with Crippen LogP contribution in [-0.4, -0.2) is 65.4 Å². The molecule has 0 radical (unpaired) electrons. The Morgan fingerprint density at radius 1 is 0.773 bits per heavy atom. The van der Waals surface area contributed by atoms with Gasteiger partial charge in [-0.3, -0.25) is 24.0 Å². The first-order valence-electron chi connectivity index (χ1n) is 14.7. The molecule has 0 aliphatic rings. The van der Waals surface area contributed by atoms with Crippen molar-refractivity contribution < 1.29 is 29.1 Å². The number of nitrogens with two attached hydrogens (primary N) is 2. The zero-order valence-corrected chi connectivity index (χ0v) is 26.3. The van der Waals surface area contributed by atoms with E-state index in [0.717, 1.165) is 22.3 Å². The number of aromatic hydroxyl groups is 1. The van der Waals surface area contributed by atoms with Gasteiger partial charge in [-0.25, -0.2) is 0 Å². The fourth-order valence-electron chi connectivity index (χ4n) is 4.80. The highest BCUT2D eigenvalue weighted by Crippen LogP contribution is 2.22. The van der Waals surface area contributed by atoms with Crippen LogP contribution in [0.25, 0.3) is 0 Å². The standard InChI is InChI=1S/C32H46N6O6/c1-17(2)27(29(34)41)38-32(44)28(18(3)4)37-26(40)16-35-31(43)25(14-21-10-8-7-9-11-21)36-30(42)24(33)15-23-19(5)12-22(39)13-20(23)6/h7-13,17-18,24-25,27-28,39H,14-16,33H2,1-6H3,(H2,34,41)(H,35,43)(H,36,42)(H,37,40)(H,38,44)/t24-,25-,27+,28+/m1/s1. The Balaban J connectivity index is 2.10. The predicted octanol–water partition coefficient (Wildman–Crippen LogP) is 0.489. The highest BCUT2D eigenvalue weighted by atomic mass is 16.3. The van der Waals surface area contributed by atoms with Crippen LogP contribution in [0.15, 0.2) is 42.5 Å². The minimum Gasteiger partial charge on any atom is -0.508 e. The summed E-state index contributed by atoms with van der Waals surface area (Å²) in [5.74, 6) is -3.51. The van der Waals surface area contributed by atoms with Gasteiger partial charge in [-0.05, 0) is 66.5 Å². The number of aryl methyl sites for hydroxylation is 2. The maximum absolute atomic E-state index is 13.3. The van der Waals surface area contributed by atoms with E-state index in [1.54, 1.807) is 52.0 Å². The van der Waals surface area contributed by atoms with Gasteiger partial charge in [-0.2, -0.15) is 0 Å². The molecule has 240 valence electrons. The van der Waals surface area contributed by atoms with Gasteiger partial charge in [0.15, 0.2) is 0 Å². The molecule has 0 bridgehead atoms. The van der Waals surface area contributed by atoms with Crippen LogP contribution in [0.5, 0.6) is 5.75 Å². The number of hydrogen-bond donors (Lipinski definition) is 7. The first kappa shape index (κ1) is 35.7. The van der Waals surface area contributed by atoms with E-state index < -0.39 is 60.2 Å². The summed E-state index contributed by atoms with van der Waals surface area (Å²) in [6.45, 7) is 10.1. The first-order valence-corrected chi connectivity index (χ1v) is 14.7. The van der Waals surface area contributed by atoms with E-state index in [1.165, 1.54) is 0 Å². The van der Waals surface area contributed by atoms with Crippen LogP contribution in [0.4, 0.5) is 0 Å². The number of primary amides is 1. The van der Waals surface area contributed by atoms with Crippen molar-refractivity contribution in [2.24, 2.45) is 23.3 Å². The van der Waals surface area contributed by atoms with E-state index in [4.69, 9.17) is 11.5 Å². The molecule has 0 fully saturated rings. The van der Waals surface area contributed by atoms with Crippen LogP contribution in [0.3, 0.4) is 0 Å². The fraction of sp³-hybridized carbons (Fsp3) is 0.469. The van der Waals surface area contributed by atoms with Gasteiger partial charge in [0, 0.05) is 6.42 Å². The van der Waals surface area contributed by atoms with E-state index in [2.05, 4.69) is 21.3 Å². The molecule has 0 saturated carbocycles. The van der Waals surface area contributed by atoms with Crippen molar-refractivity contribution in [3.63, 3.8) is 0 Å². The van der Waals surface area contributed by atoms with Gasteiger partial charge in [-0.1, -0.05) is 58.0 Å². The molecule has 2 aromatic rings. The zero-order valence-electron chi connectivity index (χ0n) is 26.3. The lowest BCUT2D eigenvalue weighted by molar-refractivity contribution is -0.133. The molecule has 9 N–H and O–H groups in total. The van der Waals surface area contributed by atoms with Gasteiger partial charge in [-0.15, -0.1) is 0 Å². The SMILES string of the molecule is Cc1cc(O)cc(C)c1C[C@@H](N)C(=O)N[C@H](Cc1ccccc1)C(=O)NCC(=O)N[C@H](C(=O)N[C@H](C(N)=O)C(C)C)C(C)C. The summed E-state index contributed by atoms with van der Waals surface area (Å²) in [5.41, 5.74) is 14.8. The van der Waals surface area contributed by atoms with E-state index in [9.17, 15) is 29.1 Å². The van der Waals surface area contributed by atoms with Crippen LogP contribution in [0.2, 0.25) is 0 Å². The molecule has 12 heteroatoms. The number of nitrogens with one attached hydrogen (secondary N) is 4. The van der Waals surface area contributed by atoms with Crippen molar-refractivity contribution in [2.45, 2.75) is 78.6 Å². The summed E-state index contributed by atoms with van der Waals surface area (Å²) in [4.78, 5) is 63.8. The maximum Gasteiger partial charge on any atom is 0.243 e. The lowest BCUT2D eigenvalue weighted by Gasteiger charge is -2.26. The molecule has 0 saturated heterocycles. The van der Waals surface area contributed by atoms with Crippen molar-refractivity contribution in [1.29, 1.82) is 0 Å². The van der Waals surface area contributed by atoms with E-state index >= 15 is 0 Å². The molecule has 0 unspecified atom stereocenters. The number of carbonyl (C=O) groups excluding carboxylic acids is 5. The number of rotatable bonds is 15. The maximum atomic E-state index is 13.3. The Kier molecular flexibility index (Phi) is 13.3. The number of carbonyl (C=O) groups is 5. The van der Waals surface area contributed by atoms with Crippen molar-refractivity contribution in [1.82, 2.24) is 21.3 Å². The van der Waals surface area contributed by atoms with Crippen LogP contribution in [0, 0.1) is 25.7 Å². The summed E-state index contributed by atoms with van der Waals surface area (Å²) in [6, 6.07) is 8.34. The summed E-state index contributed by atoms with van der Waals surface area (Å²) < 4.78 is 0. The Labute approximate surface area is 258 Å². The number of phenols is 1. The molecule has 12 nitrogen and oxygen atoms in total. The highest BCUT2D eigenvalue weighted by Gasteiger charge is 2.30. The number of benzene rings is 2. The van der Waals surface area contributed by atoms with Gasteiger partial charge in [0.1, 0.15) is 23.9 Å². The molecular formula is C32H46N6O6. The van der Waals surface area contributed by atoms with Gasteiger partial charge in [0.25, 0.3) is 0 Å². The highest BCUT2D eigenvalue weighted by molar-refractivity contribution is 5.94. The fourth-order valence-corrected chi connectivity index (χ4v) is 4.80. The summed E-state index contributed by atoms with van der Waals surface area (Å²) >= 11 is 0.